The van der Waals surface area contributed by atoms with Crippen molar-refractivity contribution in [3.05, 3.63) is 82.3 Å². The first-order valence-corrected chi connectivity index (χ1v) is 11.4. The largest absolute Gasteiger partial charge is 0.495 e. The maximum absolute atomic E-state index is 13.4. The number of carbonyl (C=O) groups excluding carboxylic acids is 1. The van der Waals surface area contributed by atoms with Crippen LogP contribution in [0.5, 0.6) is 5.75 Å². The second-order valence-electron chi connectivity index (χ2n) is 6.20. The van der Waals surface area contributed by atoms with Crippen molar-refractivity contribution in [2.45, 2.75) is 4.90 Å². The molecule has 0 aliphatic heterocycles. The minimum absolute atomic E-state index is 0.0438. The smallest absolute Gasteiger partial charge is 0.264 e. The molecule has 0 atom stereocenters. The fourth-order valence-electron chi connectivity index (χ4n) is 2.77. The van der Waals surface area contributed by atoms with Crippen molar-refractivity contribution in [1.82, 2.24) is 0 Å². The SMILES string of the molecule is COc1ccc(Cl)cc1N(CC(=O)Nc1cccc(Br)c1)S(=O)(=O)c1ccccc1. The number of carbonyl (C=O) groups is 1. The number of hydrogen-bond acceptors (Lipinski definition) is 4. The third-order valence-electron chi connectivity index (χ3n) is 4.14. The summed E-state index contributed by atoms with van der Waals surface area (Å²) >= 11 is 9.45. The standard InChI is InChI=1S/C21H18BrClN2O4S/c1-29-20-11-10-16(23)13-19(20)25(30(27,28)18-8-3-2-4-9-18)14-21(26)24-17-7-5-6-15(22)12-17/h2-13H,14H2,1H3,(H,24,26). The van der Waals surface area contributed by atoms with Gasteiger partial charge in [0.05, 0.1) is 17.7 Å². The number of nitrogens with zero attached hydrogens (tertiary/aromatic N) is 1. The number of nitrogens with one attached hydrogen (secondary N) is 1. The maximum atomic E-state index is 13.4. The van der Waals surface area contributed by atoms with Crippen molar-refractivity contribution in [2.24, 2.45) is 0 Å². The molecule has 0 aliphatic carbocycles. The van der Waals surface area contributed by atoms with Crippen molar-refractivity contribution < 1.29 is 17.9 Å². The van der Waals surface area contributed by atoms with Crippen molar-refractivity contribution in [2.75, 3.05) is 23.3 Å². The fraction of sp³-hybridized carbons (Fsp3) is 0.0952. The van der Waals surface area contributed by atoms with Crippen LogP contribution in [0.15, 0.2) is 82.2 Å². The first-order valence-electron chi connectivity index (χ1n) is 8.78. The van der Waals surface area contributed by atoms with Crippen molar-refractivity contribution in [3.8, 4) is 5.75 Å². The number of amides is 1. The topological polar surface area (TPSA) is 75.7 Å². The van der Waals surface area contributed by atoms with Crippen molar-refractivity contribution >= 4 is 54.8 Å². The van der Waals surface area contributed by atoms with E-state index in [2.05, 4.69) is 21.2 Å². The molecule has 156 valence electrons. The second-order valence-corrected chi connectivity index (χ2v) is 9.41. The first kappa shape index (κ1) is 22.1. The zero-order valence-electron chi connectivity index (χ0n) is 15.9. The molecular formula is C21H18BrClN2O4S. The average molecular weight is 510 g/mol. The number of rotatable bonds is 7. The monoisotopic (exact) mass is 508 g/mol. The lowest BCUT2D eigenvalue weighted by Gasteiger charge is -2.26. The Morgan fingerprint density at radius 1 is 1.07 bits per heavy atom. The van der Waals surface area contributed by atoms with Gasteiger partial charge in [-0.2, -0.15) is 0 Å². The molecule has 0 unspecified atom stereocenters. The molecule has 9 heteroatoms. The summed E-state index contributed by atoms with van der Waals surface area (Å²) in [6, 6.07) is 19.5. The normalized spacial score (nSPS) is 11.0. The van der Waals surface area contributed by atoms with Gasteiger partial charge in [0.15, 0.2) is 0 Å². The van der Waals surface area contributed by atoms with Gasteiger partial charge < -0.3 is 10.1 Å². The van der Waals surface area contributed by atoms with E-state index in [9.17, 15) is 13.2 Å². The van der Waals surface area contributed by atoms with Crippen LogP contribution in [0.25, 0.3) is 0 Å². The molecule has 3 rings (SSSR count). The highest BCUT2D eigenvalue weighted by atomic mass is 79.9. The van der Waals surface area contributed by atoms with Crippen LogP contribution in [-0.4, -0.2) is 28.0 Å². The summed E-state index contributed by atoms with van der Waals surface area (Å²) in [4.78, 5) is 12.8. The molecule has 0 radical (unpaired) electrons. The van der Waals surface area contributed by atoms with E-state index in [1.165, 1.54) is 25.3 Å². The molecule has 0 spiro atoms. The third-order valence-corrected chi connectivity index (χ3v) is 6.64. The second kappa shape index (κ2) is 9.51. The van der Waals surface area contributed by atoms with E-state index < -0.39 is 22.5 Å². The lowest BCUT2D eigenvalue weighted by molar-refractivity contribution is -0.114. The quantitative estimate of drug-likeness (QED) is 0.489. The Morgan fingerprint density at radius 2 is 1.80 bits per heavy atom. The molecule has 0 saturated heterocycles. The van der Waals surface area contributed by atoms with E-state index in [-0.39, 0.29) is 16.3 Å². The molecule has 1 amide bonds. The van der Waals surface area contributed by atoms with Crippen LogP contribution in [0.1, 0.15) is 0 Å². The zero-order chi connectivity index (χ0) is 21.7. The zero-order valence-corrected chi connectivity index (χ0v) is 19.0. The fourth-order valence-corrected chi connectivity index (χ4v) is 4.78. The molecule has 0 aromatic heterocycles. The van der Waals surface area contributed by atoms with Gasteiger partial charge >= 0.3 is 0 Å². The Labute approximate surface area is 188 Å². The van der Waals surface area contributed by atoms with Gasteiger partial charge in [0, 0.05) is 15.2 Å². The summed E-state index contributed by atoms with van der Waals surface area (Å²) in [6.45, 7) is -0.472. The van der Waals surface area contributed by atoms with Crippen LogP contribution in [-0.2, 0) is 14.8 Å². The predicted molar refractivity (Wildman–Crippen MR) is 122 cm³/mol. The number of sulfonamides is 1. The van der Waals surface area contributed by atoms with Crippen molar-refractivity contribution in [3.63, 3.8) is 0 Å². The van der Waals surface area contributed by atoms with Gasteiger partial charge in [0.1, 0.15) is 12.3 Å². The molecule has 1 N–H and O–H groups in total. The van der Waals surface area contributed by atoms with E-state index in [4.69, 9.17) is 16.3 Å². The van der Waals surface area contributed by atoms with Crippen LogP contribution in [0, 0.1) is 0 Å². The highest BCUT2D eigenvalue weighted by Gasteiger charge is 2.29. The molecule has 3 aromatic rings. The number of halogens is 2. The summed E-state index contributed by atoms with van der Waals surface area (Å²) in [6.07, 6.45) is 0. The van der Waals surface area contributed by atoms with Gasteiger partial charge in [0.2, 0.25) is 5.91 Å². The summed E-state index contributed by atoms with van der Waals surface area (Å²) in [5.41, 5.74) is 0.697. The van der Waals surface area contributed by atoms with Gasteiger partial charge in [-0.3, -0.25) is 9.10 Å². The van der Waals surface area contributed by atoms with E-state index in [0.29, 0.717) is 10.7 Å². The Morgan fingerprint density at radius 3 is 2.47 bits per heavy atom. The Hall–Kier alpha value is -2.55. The first-order chi connectivity index (χ1) is 14.3. The minimum Gasteiger partial charge on any atom is -0.495 e. The maximum Gasteiger partial charge on any atom is 0.264 e. The van der Waals surface area contributed by atoms with E-state index in [1.807, 2.05) is 6.07 Å². The van der Waals surface area contributed by atoms with Gasteiger partial charge in [-0.05, 0) is 48.5 Å². The predicted octanol–water partition coefficient (Wildman–Crippen LogP) is 4.95. The highest BCUT2D eigenvalue weighted by Crippen LogP contribution is 2.34. The Kier molecular flexibility index (Phi) is 7.02. The number of methoxy groups -OCH3 is 1. The number of benzene rings is 3. The number of anilines is 2. The van der Waals surface area contributed by atoms with Gasteiger partial charge in [-0.25, -0.2) is 8.42 Å². The number of hydrogen-bond donors (Lipinski definition) is 1. The summed E-state index contributed by atoms with van der Waals surface area (Å²) in [7, 11) is -2.66. The molecule has 0 heterocycles. The molecule has 0 saturated carbocycles. The Bertz CT molecular complexity index is 1160. The molecular weight excluding hydrogens is 492 g/mol. The van der Waals surface area contributed by atoms with E-state index in [0.717, 1.165) is 8.78 Å². The minimum atomic E-state index is -4.07. The van der Waals surface area contributed by atoms with Crippen LogP contribution in [0.4, 0.5) is 11.4 Å². The highest BCUT2D eigenvalue weighted by molar-refractivity contribution is 9.10. The molecule has 0 fully saturated rings. The molecule has 30 heavy (non-hydrogen) atoms. The summed E-state index contributed by atoms with van der Waals surface area (Å²) in [5, 5.41) is 3.02. The van der Waals surface area contributed by atoms with Crippen LogP contribution in [0.3, 0.4) is 0 Å². The van der Waals surface area contributed by atoms with E-state index in [1.54, 1.807) is 48.5 Å². The van der Waals surface area contributed by atoms with Crippen molar-refractivity contribution in [1.29, 1.82) is 0 Å². The van der Waals surface area contributed by atoms with Crippen LogP contribution < -0.4 is 14.4 Å². The van der Waals surface area contributed by atoms with Crippen LogP contribution >= 0.6 is 27.5 Å². The average Bonchev–Trinajstić information content (AvgIpc) is 2.72. The van der Waals surface area contributed by atoms with Gasteiger partial charge in [-0.15, -0.1) is 0 Å². The summed E-state index contributed by atoms with van der Waals surface area (Å²) in [5.74, 6) is -0.246. The summed E-state index contributed by atoms with van der Waals surface area (Å²) < 4.78 is 33.9. The lowest BCUT2D eigenvalue weighted by Crippen LogP contribution is -2.38. The molecule has 0 aliphatic rings. The van der Waals surface area contributed by atoms with Gasteiger partial charge in [-0.1, -0.05) is 51.8 Å². The molecule has 3 aromatic carbocycles. The van der Waals surface area contributed by atoms with E-state index >= 15 is 0 Å². The molecule has 0 bridgehead atoms. The van der Waals surface area contributed by atoms with Gasteiger partial charge in [0.25, 0.3) is 10.0 Å². The van der Waals surface area contributed by atoms with Crippen LogP contribution in [0.2, 0.25) is 5.02 Å². The Balaban J connectivity index is 2.02. The number of ether oxygens (including phenoxy) is 1. The third kappa shape index (κ3) is 5.13. The molecule has 6 nitrogen and oxygen atoms in total. The lowest BCUT2D eigenvalue weighted by atomic mass is 10.3.